The first-order valence-electron chi connectivity index (χ1n) is 5.63. The average Bonchev–Trinajstić information content (AvgIpc) is 2.26. The molecular weight excluding hydrogens is 260 g/mol. The summed E-state index contributed by atoms with van der Waals surface area (Å²) in [4.78, 5) is 26.4. The predicted octanol–water partition coefficient (Wildman–Crippen LogP) is 2.07. The second kappa shape index (κ2) is 6.31. The molecule has 1 aromatic heterocycles. The summed E-state index contributed by atoms with van der Waals surface area (Å²) in [6.07, 6.45) is 0.516. The Morgan fingerprint density at radius 1 is 1.41 bits per heavy atom. The molecule has 6 heteroatoms. The molecule has 1 N–H and O–H groups in total. The number of rotatable bonds is 5. The van der Waals surface area contributed by atoms with Crippen LogP contribution in [0, 0.1) is 0 Å². The molecule has 0 spiro atoms. The summed E-state index contributed by atoms with van der Waals surface area (Å²) in [5.74, 6) is 1.70. The number of hydrogen-bond acceptors (Lipinski definition) is 3. The number of nitrogens with zero attached hydrogens (tertiary/aromatic N) is 1. The largest absolute Gasteiger partial charge is 0.329 e. The lowest BCUT2D eigenvalue weighted by atomic mass is 10.2. The van der Waals surface area contributed by atoms with Gasteiger partial charge in [0, 0.05) is 11.8 Å². The molecular formula is C11H17ClN2O2S. The molecule has 0 aliphatic heterocycles. The van der Waals surface area contributed by atoms with E-state index in [0.717, 1.165) is 11.5 Å². The first-order valence-corrected chi connectivity index (χ1v) is 7.17. The highest BCUT2D eigenvalue weighted by atomic mass is 35.5. The molecule has 0 radical (unpaired) electrons. The molecule has 0 saturated heterocycles. The van der Waals surface area contributed by atoms with Gasteiger partial charge in [-0.05, 0) is 19.1 Å². The van der Waals surface area contributed by atoms with E-state index >= 15 is 0 Å². The van der Waals surface area contributed by atoms with E-state index in [1.165, 1.54) is 4.57 Å². The summed E-state index contributed by atoms with van der Waals surface area (Å²) in [5, 5.41) is 0.161. The van der Waals surface area contributed by atoms with E-state index in [1.807, 2.05) is 20.8 Å². The standard InChI is InChI=1S/C11H17ClN2O2S/c1-4-8-9(12)13-11(16)14(10(8)15)7(3)6-17-5-2/h7H,4-6H2,1-3H3,(H,13,16). The Labute approximate surface area is 109 Å². The van der Waals surface area contributed by atoms with E-state index < -0.39 is 5.69 Å². The Kier molecular flexibility index (Phi) is 5.33. The third kappa shape index (κ3) is 3.16. The maximum absolute atomic E-state index is 12.1. The maximum atomic E-state index is 12.1. The van der Waals surface area contributed by atoms with Crippen molar-refractivity contribution in [3.63, 3.8) is 0 Å². The summed E-state index contributed by atoms with van der Waals surface area (Å²) < 4.78 is 1.26. The summed E-state index contributed by atoms with van der Waals surface area (Å²) in [7, 11) is 0. The number of nitrogens with one attached hydrogen (secondary N) is 1. The van der Waals surface area contributed by atoms with Crippen molar-refractivity contribution in [3.05, 3.63) is 31.6 Å². The molecule has 0 bridgehead atoms. The highest BCUT2D eigenvalue weighted by Gasteiger charge is 2.15. The second-order valence-electron chi connectivity index (χ2n) is 3.76. The van der Waals surface area contributed by atoms with Gasteiger partial charge in [-0.15, -0.1) is 0 Å². The molecule has 96 valence electrons. The minimum Gasteiger partial charge on any atom is -0.297 e. The monoisotopic (exact) mass is 276 g/mol. The molecule has 0 saturated carbocycles. The molecule has 0 aliphatic rings. The number of aromatic nitrogens is 2. The topological polar surface area (TPSA) is 54.9 Å². The van der Waals surface area contributed by atoms with Gasteiger partial charge in [0.2, 0.25) is 0 Å². The highest BCUT2D eigenvalue weighted by molar-refractivity contribution is 7.99. The van der Waals surface area contributed by atoms with Crippen LogP contribution in [0.3, 0.4) is 0 Å². The van der Waals surface area contributed by atoms with Crippen LogP contribution in [0.15, 0.2) is 9.59 Å². The lowest BCUT2D eigenvalue weighted by molar-refractivity contribution is 0.548. The number of H-pyrrole nitrogens is 1. The van der Waals surface area contributed by atoms with Crippen molar-refractivity contribution in [2.45, 2.75) is 33.2 Å². The molecule has 0 aliphatic carbocycles. The Morgan fingerprint density at radius 2 is 2.06 bits per heavy atom. The highest BCUT2D eigenvalue weighted by Crippen LogP contribution is 2.12. The van der Waals surface area contributed by atoms with Crippen molar-refractivity contribution >= 4 is 23.4 Å². The molecule has 1 unspecified atom stereocenters. The van der Waals surface area contributed by atoms with E-state index in [0.29, 0.717) is 12.0 Å². The number of halogens is 1. The van der Waals surface area contributed by atoms with E-state index in [4.69, 9.17) is 11.6 Å². The average molecular weight is 277 g/mol. The molecule has 0 aromatic carbocycles. The van der Waals surface area contributed by atoms with Gasteiger partial charge in [0.1, 0.15) is 5.15 Å². The smallest absolute Gasteiger partial charge is 0.297 e. The molecule has 1 atom stereocenters. The van der Waals surface area contributed by atoms with Crippen LogP contribution in [0.1, 0.15) is 32.4 Å². The van der Waals surface area contributed by atoms with Gasteiger partial charge in [-0.2, -0.15) is 11.8 Å². The van der Waals surface area contributed by atoms with E-state index in [2.05, 4.69) is 4.98 Å². The zero-order valence-corrected chi connectivity index (χ0v) is 11.8. The van der Waals surface area contributed by atoms with Crippen LogP contribution >= 0.6 is 23.4 Å². The van der Waals surface area contributed by atoms with Gasteiger partial charge in [-0.1, -0.05) is 25.4 Å². The summed E-state index contributed by atoms with van der Waals surface area (Å²) in [6, 6.07) is -0.126. The lowest BCUT2D eigenvalue weighted by Crippen LogP contribution is -2.40. The summed E-state index contributed by atoms with van der Waals surface area (Å²) >= 11 is 7.54. The number of hydrogen-bond donors (Lipinski definition) is 1. The predicted molar refractivity (Wildman–Crippen MR) is 73.4 cm³/mol. The third-order valence-electron chi connectivity index (χ3n) is 2.53. The lowest BCUT2D eigenvalue weighted by Gasteiger charge is -2.14. The molecule has 1 heterocycles. The molecule has 17 heavy (non-hydrogen) atoms. The Balaban J connectivity index is 3.24. The van der Waals surface area contributed by atoms with Gasteiger partial charge in [0.25, 0.3) is 5.56 Å². The summed E-state index contributed by atoms with van der Waals surface area (Å²) in [6.45, 7) is 5.76. The molecule has 0 fully saturated rings. The molecule has 4 nitrogen and oxygen atoms in total. The SMILES string of the molecule is CCSCC(C)n1c(=O)[nH]c(Cl)c(CC)c1=O. The Bertz CT molecular complexity index is 495. The first-order chi connectivity index (χ1) is 8.02. The Hall–Kier alpha value is -0.680. The van der Waals surface area contributed by atoms with Crippen molar-refractivity contribution in [1.82, 2.24) is 9.55 Å². The van der Waals surface area contributed by atoms with Crippen molar-refractivity contribution in [2.75, 3.05) is 11.5 Å². The molecule has 0 amide bonds. The van der Waals surface area contributed by atoms with E-state index in [9.17, 15) is 9.59 Å². The van der Waals surface area contributed by atoms with Crippen LogP contribution in [0.2, 0.25) is 5.15 Å². The van der Waals surface area contributed by atoms with Crippen LogP contribution in [-0.2, 0) is 6.42 Å². The van der Waals surface area contributed by atoms with Gasteiger partial charge in [-0.3, -0.25) is 14.3 Å². The van der Waals surface area contributed by atoms with Crippen molar-refractivity contribution < 1.29 is 0 Å². The third-order valence-corrected chi connectivity index (χ3v) is 3.98. The van der Waals surface area contributed by atoms with Crippen LogP contribution in [-0.4, -0.2) is 21.1 Å². The fraction of sp³-hybridized carbons (Fsp3) is 0.636. The maximum Gasteiger partial charge on any atom is 0.329 e. The molecule has 1 aromatic rings. The van der Waals surface area contributed by atoms with Crippen molar-refractivity contribution in [3.8, 4) is 0 Å². The van der Waals surface area contributed by atoms with Crippen LogP contribution in [0.4, 0.5) is 0 Å². The van der Waals surface area contributed by atoms with Crippen LogP contribution < -0.4 is 11.2 Å². The summed E-state index contributed by atoms with van der Waals surface area (Å²) in [5.41, 5.74) is -0.230. The minimum atomic E-state index is -0.429. The Morgan fingerprint density at radius 3 is 2.59 bits per heavy atom. The van der Waals surface area contributed by atoms with Crippen LogP contribution in [0.5, 0.6) is 0 Å². The fourth-order valence-corrected chi connectivity index (χ4v) is 2.65. The zero-order chi connectivity index (χ0) is 13.0. The quantitative estimate of drug-likeness (QED) is 0.838. The van der Waals surface area contributed by atoms with E-state index in [1.54, 1.807) is 11.8 Å². The fourth-order valence-electron chi connectivity index (χ4n) is 1.63. The number of thioether (sulfide) groups is 1. The van der Waals surface area contributed by atoms with Gasteiger partial charge in [0.15, 0.2) is 0 Å². The van der Waals surface area contributed by atoms with Crippen LogP contribution in [0.25, 0.3) is 0 Å². The second-order valence-corrected chi connectivity index (χ2v) is 5.46. The molecule has 1 rings (SSSR count). The minimum absolute atomic E-state index is 0.126. The van der Waals surface area contributed by atoms with Gasteiger partial charge < -0.3 is 0 Å². The zero-order valence-electron chi connectivity index (χ0n) is 10.2. The first kappa shape index (κ1) is 14.4. The normalized spacial score (nSPS) is 12.7. The number of aromatic amines is 1. The van der Waals surface area contributed by atoms with E-state index in [-0.39, 0.29) is 16.8 Å². The van der Waals surface area contributed by atoms with Crippen molar-refractivity contribution in [2.24, 2.45) is 0 Å². The van der Waals surface area contributed by atoms with Crippen molar-refractivity contribution in [1.29, 1.82) is 0 Å². The van der Waals surface area contributed by atoms with Gasteiger partial charge in [0.05, 0.1) is 5.56 Å². The van der Waals surface area contributed by atoms with Gasteiger partial charge >= 0.3 is 5.69 Å². The van der Waals surface area contributed by atoms with Gasteiger partial charge in [-0.25, -0.2) is 4.79 Å².